The summed E-state index contributed by atoms with van der Waals surface area (Å²) in [6.45, 7) is 2.19. The van der Waals surface area contributed by atoms with E-state index in [-0.39, 0.29) is 11.8 Å². The summed E-state index contributed by atoms with van der Waals surface area (Å²) in [6.07, 6.45) is 0. The van der Waals surface area contributed by atoms with Crippen molar-refractivity contribution in [3.63, 3.8) is 0 Å². The third-order valence-electron chi connectivity index (χ3n) is 4.99. The molecule has 3 aromatic carbocycles. The second kappa shape index (κ2) is 8.66. The summed E-state index contributed by atoms with van der Waals surface area (Å²) in [6, 6.07) is 25.5. The summed E-state index contributed by atoms with van der Waals surface area (Å²) in [5.74, 6) is 0.550. The highest BCUT2D eigenvalue weighted by molar-refractivity contribution is 6.11. The first-order valence-corrected chi connectivity index (χ1v) is 9.76. The Kier molecular flexibility index (Phi) is 5.61. The van der Waals surface area contributed by atoms with Gasteiger partial charge in [-0.1, -0.05) is 72.8 Å². The first-order chi connectivity index (χ1) is 14.6. The number of carbonyl (C=O) groups excluding carboxylic acids is 2. The number of hydrogen-bond acceptors (Lipinski definition) is 3. The van der Waals surface area contributed by atoms with Gasteiger partial charge in [-0.25, -0.2) is 4.79 Å². The van der Waals surface area contributed by atoms with Crippen molar-refractivity contribution in [2.75, 3.05) is 0 Å². The van der Waals surface area contributed by atoms with E-state index in [1.54, 1.807) is 19.1 Å². The van der Waals surface area contributed by atoms with Gasteiger partial charge >= 0.3 is 6.03 Å². The summed E-state index contributed by atoms with van der Waals surface area (Å²) in [7, 11) is 0. The summed E-state index contributed by atoms with van der Waals surface area (Å²) in [5.41, 5.74) is 3.49. The first kappa shape index (κ1) is 19.5. The molecule has 4 rings (SSSR count). The fourth-order valence-corrected chi connectivity index (χ4v) is 3.51. The van der Waals surface area contributed by atoms with Crippen molar-refractivity contribution in [1.82, 2.24) is 10.6 Å². The molecule has 0 fully saturated rings. The van der Waals surface area contributed by atoms with Crippen molar-refractivity contribution in [1.29, 1.82) is 0 Å². The highest BCUT2D eigenvalue weighted by Crippen LogP contribution is 2.31. The van der Waals surface area contributed by atoms with Crippen LogP contribution in [0, 0.1) is 0 Å². The number of carbonyl (C=O) groups is 2. The van der Waals surface area contributed by atoms with Crippen molar-refractivity contribution >= 4 is 11.8 Å². The van der Waals surface area contributed by atoms with Crippen LogP contribution in [0.15, 0.2) is 96.2 Å². The van der Waals surface area contributed by atoms with Crippen LogP contribution in [-0.4, -0.2) is 11.8 Å². The Morgan fingerprint density at radius 1 is 0.933 bits per heavy atom. The fraction of sp³-hybridized carbons (Fsp3) is 0.120. The van der Waals surface area contributed by atoms with Crippen LogP contribution < -0.4 is 15.4 Å². The Labute approximate surface area is 175 Å². The van der Waals surface area contributed by atoms with Crippen molar-refractivity contribution in [3.8, 4) is 5.75 Å². The van der Waals surface area contributed by atoms with E-state index in [1.807, 2.05) is 72.8 Å². The number of nitrogens with one attached hydrogen (secondary N) is 2. The van der Waals surface area contributed by atoms with Gasteiger partial charge in [0.05, 0.1) is 6.04 Å². The van der Waals surface area contributed by atoms with Gasteiger partial charge in [0, 0.05) is 16.8 Å². The third kappa shape index (κ3) is 4.25. The van der Waals surface area contributed by atoms with Crippen molar-refractivity contribution in [3.05, 3.63) is 113 Å². The van der Waals surface area contributed by atoms with Crippen LogP contribution in [0.2, 0.25) is 0 Å². The van der Waals surface area contributed by atoms with Crippen LogP contribution in [0.1, 0.15) is 34.5 Å². The van der Waals surface area contributed by atoms with Crippen LogP contribution >= 0.6 is 0 Å². The maximum Gasteiger partial charge on any atom is 0.319 e. The van der Waals surface area contributed by atoms with E-state index in [2.05, 4.69) is 10.6 Å². The summed E-state index contributed by atoms with van der Waals surface area (Å²) in [5, 5.41) is 5.60. The lowest BCUT2D eigenvalue weighted by Crippen LogP contribution is -2.45. The Hall–Kier alpha value is -3.86. The van der Waals surface area contributed by atoms with Gasteiger partial charge in [-0.3, -0.25) is 4.79 Å². The zero-order chi connectivity index (χ0) is 20.9. The van der Waals surface area contributed by atoms with Gasteiger partial charge in [0.1, 0.15) is 12.4 Å². The largest absolute Gasteiger partial charge is 0.489 e. The molecule has 0 radical (unpaired) electrons. The zero-order valence-corrected chi connectivity index (χ0v) is 16.6. The normalized spacial score (nSPS) is 15.9. The molecule has 1 aliphatic rings. The monoisotopic (exact) mass is 398 g/mol. The zero-order valence-electron chi connectivity index (χ0n) is 16.6. The molecule has 5 heteroatoms. The summed E-state index contributed by atoms with van der Waals surface area (Å²) < 4.78 is 5.93. The molecule has 0 aromatic heterocycles. The Bertz CT molecular complexity index is 1090. The van der Waals surface area contributed by atoms with E-state index in [0.29, 0.717) is 29.2 Å². The number of allylic oxidation sites excluding steroid dienone is 1. The van der Waals surface area contributed by atoms with Gasteiger partial charge in [-0.2, -0.15) is 0 Å². The van der Waals surface area contributed by atoms with Crippen LogP contribution in [0.5, 0.6) is 5.75 Å². The van der Waals surface area contributed by atoms with E-state index in [9.17, 15) is 9.59 Å². The van der Waals surface area contributed by atoms with E-state index in [4.69, 9.17) is 4.74 Å². The molecule has 1 atom stereocenters. The molecule has 3 aromatic rings. The first-order valence-electron chi connectivity index (χ1n) is 9.76. The molecule has 2 amide bonds. The molecule has 0 aliphatic carbocycles. The minimum atomic E-state index is -0.563. The molecule has 150 valence electrons. The van der Waals surface area contributed by atoms with Gasteiger partial charge in [-0.05, 0) is 30.2 Å². The van der Waals surface area contributed by atoms with E-state index in [1.165, 1.54) is 0 Å². The molecule has 0 saturated carbocycles. The van der Waals surface area contributed by atoms with E-state index < -0.39 is 6.04 Å². The molecule has 0 saturated heterocycles. The molecule has 0 spiro atoms. The van der Waals surface area contributed by atoms with Gasteiger partial charge < -0.3 is 15.4 Å². The Balaban J connectivity index is 1.63. The minimum absolute atomic E-state index is 0.124. The molecule has 1 aliphatic heterocycles. The van der Waals surface area contributed by atoms with Crippen molar-refractivity contribution < 1.29 is 14.3 Å². The number of ketones is 1. The smallest absolute Gasteiger partial charge is 0.319 e. The summed E-state index contributed by atoms with van der Waals surface area (Å²) >= 11 is 0. The average molecular weight is 398 g/mol. The number of benzene rings is 3. The van der Waals surface area contributed by atoms with Gasteiger partial charge in [0.25, 0.3) is 0 Å². The lowest BCUT2D eigenvalue weighted by atomic mass is 9.89. The molecule has 1 heterocycles. The maximum atomic E-state index is 13.2. The Morgan fingerprint density at radius 2 is 1.63 bits per heavy atom. The molecule has 5 nitrogen and oxygen atoms in total. The van der Waals surface area contributed by atoms with E-state index >= 15 is 0 Å². The number of rotatable bonds is 6. The molecular formula is C25H22N2O3. The highest BCUT2D eigenvalue weighted by Gasteiger charge is 2.31. The number of amides is 2. The van der Waals surface area contributed by atoms with Crippen LogP contribution in [0.25, 0.3) is 0 Å². The van der Waals surface area contributed by atoms with Gasteiger partial charge in [-0.15, -0.1) is 0 Å². The molecule has 2 N–H and O–H groups in total. The average Bonchev–Trinajstić information content (AvgIpc) is 2.78. The number of Topliss-reactive ketones (excluding diaryl/α,β-unsaturated/α-hetero) is 1. The van der Waals surface area contributed by atoms with Gasteiger partial charge in [0.15, 0.2) is 5.78 Å². The third-order valence-corrected chi connectivity index (χ3v) is 4.99. The molecule has 0 unspecified atom stereocenters. The van der Waals surface area contributed by atoms with Crippen molar-refractivity contribution in [2.24, 2.45) is 0 Å². The topological polar surface area (TPSA) is 67.4 Å². The van der Waals surface area contributed by atoms with Crippen LogP contribution in [0.3, 0.4) is 0 Å². The lowest BCUT2D eigenvalue weighted by Gasteiger charge is -2.29. The Morgan fingerprint density at radius 3 is 2.37 bits per heavy atom. The van der Waals surface area contributed by atoms with Crippen molar-refractivity contribution in [2.45, 2.75) is 19.6 Å². The quantitative estimate of drug-likeness (QED) is 0.588. The summed E-state index contributed by atoms with van der Waals surface area (Å²) in [4.78, 5) is 25.4. The molecular weight excluding hydrogens is 376 g/mol. The minimum Gasteiger partial charge on any atom is -0.489 e. The fourth-order valence-electron chi connectivity index (χ4n) is 3.51. The standard InChI is InChI=1S/C25H22N2O3/c1-17-22(24(28)19-11-6-3-7-12-19)23(27-25(29)26-17)20-13-8-14-21(15-20)30-16-18-9-4-2-5-10-18/h2-15,23H,16H2,1H3,(H2,26,27,29)/t23-/m1/s1. The SMILES string of the molecule is CC1=C(C(=O)c2ccccc2)[C@@H](c2cccc(OCc3ccccc3)c2)NC(=O)N1. The molecule has 30 heavy (non-hydrogen) atoms. The second-order valence-corrected chi connectivity index (χ2v) is 7.11. The second-order valence-electron chi connectivity index (χ2n) is 7.11. The van der Waals surface area contributed by atoms with E-state index in [0.717, 1.165) is 11.1 Å². The lowest BCUT2D eigenvalue weighted by molar-refractivity contribution is 0.102. The highest BCUT2D eigenvalue weighted by atomic mass is 16.5. The predicted octanol–water partition coefficient (Wildman–Crippen LogP) is 4.78. The molecule has 0 bridgehead atoms. The number of urea groups is 1. The van der Waals surface area contributed by atoms with Gasteiger partial charge in [0.2, 0.25) is 0 Å². The van der Waals surface area contributed by atoms with Crippen LogP contribution in [-0.2, 0) is 6.61 Å². The maximum absolute atomic E-state index is 13.2. The number of ether oxygens (including phenoxy) is 1. The predicted molar refractivity (Wildman–Crippen MR) is 115 cm³/mol. The number of hydrogen-bond donors (Lipinski definition) is 2. The van der Waals surface area contributed by atoms with Crippen LogP contribution in [0.4, 0.5) is 4.79 Å².